The summed E-state index contributed by atoms with van der Waals surface area (Å²) in [6.07, 6.45) is 1.81. The molecule has 0 unspecified atom stereocenters. The van der Waals surface area contributed by atoms with Crippen LogP contribution in [0.3, 0.4) is 0 Å². The lowest BCUT2D eigenvalue weighted by atomic mass is 10.1. The van der Waals surface area contributed by atoms with Crippen molar-refractivity contribution in [1.29, 1.82) is 0 Å². The zero-order valence-corrected chi connectivity index (χ0v) is 11.9. The van der Waals surface area contributed by atoms with E-state index in [1.165, 1.54) is 12.1 Å². The number of furan rings is 1. The minimum atomic E-state index is -0.326. The predicted molar refractivity (Wildman–Crippen MR) is 81.9 cm³/mol. The average Bonchev–Trinajstić information content (AvgIpc) is 2.84. The molecular weight excluding hydrogens is 267 g/mol. The Morgan fingerprint density at radius 3 is 2.67 bits per heavy atom. The number of hydrogen-bond donors (Lipinski definition) is 1. The van der Waals surface area contributed by atoms with Crippen LogP contribution in [-0.2, 0) is 0 Å². The molecular formula is C18H15FO2. The minimum absolute atomic E-state index is 0.0674. The predicted octanol–water partition coefficient (Wildman–Crippen LogP) is 3.40. The number of aryl methyl sites for hydroxylation is 1. The highest BCUT2D eigenvalue weighted by molar-refractivity contribution is 5.80. The third kappa shape index (κ3) is 2.21. The molecule has 3 heteroatoms. The number of aliphatic hydroxyl groups is 1. The zero-order chi connectivity index (χ0) is 15.0. The SMILES string of the molecule is CC=c1/c(=C(/O)c2ccccc2C)oc2ccc(F)cc12. The summed E-state index contributed by atoms with van der Waals surface area (Å²) in [5, 5.41) is 11.9. The Bertz CT molecular complexity index is 935. The zero-order valence-electron chi connectivity index (χ0n) is 11.9. The second-order valence-electron chi connectivity index (χ2n) is 4.94. The van der Waals surface area contributed by atoms with Gasteiger partial charge in [0.1, 0.15) is 11.4 Å². The van der Waals surface area contributed by atoms with Crippen molar-refractivity contribution in [3.05, 3.63) is 70.0 Å². The maximum Gasteiger partial charge on any atom is 0.177 e. The molecule has 2 aromatic carbocycles. The van der Waals surface area contributed by atoms with Gasteiger partial charge in [0, 0.05) is 16.2 Å². The second kappa shape index (κ2) is 5.09. The molecule has 0 fully saturated rings. The molecule has 0 atom stereocenters. The molecule has 0 amide bonds. The van der Waals surface area contributed by atoms with E-state index in [4.69, 9.17) is 4.42 Å². The molecule has 0 aliphatic rings. The van der Waals surface area contributed by atoms with Crippen LogP contribution in [0, 0.1) is 12.7 Å². The molecule has 0 aliphatic carbocycles. The van der Waals surface area contributed by atoms with Crippen molar-refractivity contribution in [3.8, 4) is 0 Å². The number of hydrogen-bond acceptors (Lipinski definition) is 2. The van der Waals surface area contributed by atoms with Gasteiger partial charge in [0.15, 0.2) is 11.2 Å². The Morgan fingerprint density at radius 2 is 1.95 bits per heavy atom. The summed E-state index contributed by atoms with van der Waals surface area (Å²) in [5.41, 5.74) is 2.58. The lowest BCUT2D eigenvalue weighted by Crippen LogP contribution is -2.23. The Balaban J connectivity index is 2.45. The van der Waals surface area contributed by atoms with Crippen LogP contribution in [0.4, 0.5) is 4.39 Å². The Kier molecular flexibility index (Phi) is 3.26. The molecule has 0 saturated heterocycles. The largest absolute Gasteiger partial charge is 0.504 e. The van der Waals surface area contributed by atoms with E-state index >= 15 is 0 Å². The van der Waals surface area contributed by atoms with E-state index in [0.29, 0.717) is 27.2 Å². The second-order valence-corrected chi connectivity index (χ2v) is 4.94. The molecule has 3 rings (SSSR count). The topological polar surface area (TPSA) is 33.4 Å². The molecule has 0 radical (unpaired) electrons. The van der Waals surface area contributed by atoms with Gasteiger partial charge in [-0.15, -0.1) is 0 Å². The minimum Gasteiger partial charge on any atom is -0.504 e. The van der Waals surface area contributed by atoms with Crippen molar-refractivity contribution >= 4 is 22.8 Å². The average molecular weight is 282 g/mol. The van der Waals surface area contributed by atoms with E-state index in [2.05, 4.69) is 0 Å². The molecule has 0 bridgehead atoms. The van der Waals surface area contributed by atoms with E-state index in [1.807, 2.05) is 44.2 Å². The van der Waals surface area contributed by atoms with Crippen molar-refractivity contribution in [3.63, 3.8) is 0 Å². The fourth-order valence-corrected chi connectivity index (χ4v) is 2.51. The molecule has 1 aromatic heterocycles. The molecule has 0 aliphatic heterocycles. The normalized spacial score (nSPS) is 13.8. The van der Waals surface area contributed by atoms with Crippen LogP contribution in [0.25, 0.3) is 22.8 Å². The third-order valence-corrected chi connectivity index (χ3v) is 3.59. The number of rotatable bonds is 1. The Morgan fingerprint density at radius 1 is 1.19 bits per heavy atom. The summed E-state index contributed by atoms with van der Waals surface area (Å²) in [6, 6.07) is 11.9. The monoisotopic (exact) mass is 282 g/mol. The van der Waals surface area contributed by atoms with Gasteiger partial charge < -0.3 is 9.52 Å². The molecule has 2 nitrogen and oxygen atoms in total. The van der Waals surface area contributed by atoms with Crippen molar-refractivity contribution in [2.24, 2.45) is 0 Å². The van der Waals surface area contributed by atoms with Crippen molar-refractivity contribution in [1.82, 2.24) is 0 Å². The quantitative estimate of drug-likeness (QED) is 0.742. The van der Waals surface area contributed by atoms with Crippen molar-refractivity contribution in [2.45, 2.75) is 13.8 Å². The fourth-order valence-electron chi connectivity index (χ4n) is 2.51. The van der Waals surface area contributed by atoms with E-state index in [1.54, 1.807) is 6.07 Å². The number of fused-ring (bicyclic) bond motifs is 1. The lowest BCUT2D eigenvalue weighted by molar-refractivity contribution is 0.471. The number of aliphatic hydroxyl groups excluding tert-OH is 1. The standard InChI is InChI=1S/C18H15FO2/c1-3-13-15-10-12(19)8-9-16(15)21-18(13)17(20)14-7-5-4-6-11(14)2/h3-10,20H,1-2H3/b13-3?,18-17-. The van der Waals surface area contributed by atoms with Crippen LogP contribution in [0.15, 0.2) is 46.9 Å². The molecule has 0 saturated carbocycles. The van der Waals surface area contributed by atoms with Gasteiger partial charge in [-0.3, -0.25) is 0 Å². The highest BCUT2D eigenvalue weighted by Gasteiger charge is 2.10. The maximum absolute atomic E-state index is 13.4. The van der Waals surface area contributed by atoms with Gasteiger partial charge in [0.25, 0.3) is 0 Å². The van der Waals surface area contributed by atoms with Crippen LogP contribution < -0.4 is 10.6 Å². The van der Waals surface area contributed by atoms with Gasteiger partial charge in [-0.25, -0.2) is 4.39 Å². The molecule has 1 heterocycles. The summed E-state index contributed by atoms with van der Waals surface area (Å²) in [7, 11) is 0. The molecule has 21 heavy (non-hydrogen) atoms. The smallest absolute Gasteiger partial charge is 0.177 e. The van der Waals surface area contributed by atoms with Gasteiger partial charge in [-0.2, -0.15) is 0 Å². The first kappa shape index (κ1) is 13.4. The number of benzene rings is 2. The Hall–Kier alpha value is -2.55. The van der Waals surface area contributed by atoms with Crippen LogP contribution in [-0.4, -0.2) is 5.11 Å². The summed E-state index contributed by atoms with van der Waals surface area (Å²) in [5.74, 6) is -0.258. The highest BCUT2D eigenvalue weighted by Crippen LogP contribution is 2.15. The van der Waals surface area contributed by atoms with Crippen LogP contribution >= 0.6 is 0 Å². The first-order valence-electron chi connectivity index (χ1n) is 6.75. The first-order chi connectivity index (χ1) is 10.1. The van der Waals surface area contributed by atoms with E-state index in [-0.39, 0.29) is 11.6 Å². The van der Waals surface area contributed by atoms with Gasteiger partial charge in [-0.1, -0.05) is 30.3 Å². The fraction of sp³-hybridized carbons (Fsp3) is 0.111. The van der Waals surface area contributed by atoms with E-state index < -0.39 is 0 Å². The van der Waals surface area contributed by atoms with Gasteiger partial charge in [0.05, 0.1) is 0 Å². The first-order valence-corrected chi connectivity index (χ1v) is 6.75. The summed E-state index contributed by atoms with van der Waals surface area (Å²) in [4.78, 5) is 0. The highest BCUT2D eigenvalue weighted by atomic mass is 19.1. The van der Waals surface area contributed by atoms with Crippen LogP contribution in [0.1, 0.15) is 18.1 Å². The van der Waals surface area contributed by atoms with Gasteiger partial charge in [-0.05, 0) is 37.6 Å². The van der Waals surface area contributed by atoms with Gasteiger partial charge in [0.2, 0.25) is 0 Å². The third-order valence-electron chi connectivity index (χ3n) is 3.59. The van der Waals surface area contributed by atoms with Crippen LogP contribution in [0.2, 0.25) is 0 Å². The Labute approximate surface area is 121 Å². The maximum atomic E-state index is 13.4. The molecule has 3 aromatic rings. The summed E-state index contributed by atoms with van der Waals surface area (Å²) in [6.45, 7) is 3.76. The summed E-state index contributed by atoms with van der Waals surface area (Å²) < 4.78 is 19.2. The number of halogens is 1. The lowest BCUT2D eigenvalue weighted by Gasteiger charge is -2.02. The van der Waals surface area contributed by atoms with Crippen molar-refractivity contribution in [2.75, 3.05) is 0 Å². The van der Waals surface area contributed by atoms with E-state index in [0.717, 1.165) is 5.56 Å². The van der Waals surface area contributed by atoms with Crippen molar-refractivity contribution < 1.29 is 13.9 Å². The van der Waals surface area contributed by atoms with Crippen LogP contribution in [0.5, 0.6) is 0 Å². The molecule has 106 valence electrons. The van der Waals surface area contributed by atoms with Gasteiger partial charge >= 0.3 is 0 Å². The molecule has 0 spiro atoms. The molecule has 1 N–H and O–H groups in total. The van der Waals surface area contributed by atoms with E-state index in [9.17, 15) is 9.50 Å². The summed E-state index contributed by atoms with van der Waals surface area (Å²) >= 11 is 0.